The van der Waals surface area contributed by atoms with Gasteiger partial charge in [0.25, 0.3) is 17.2 Å². The Hall–Kier alpha value is -3.26. The molecule has 0 aliphatic carbocycles. The van der Waals surface area contributed by atoms with Crippen molar-refractivity contribution in [2.45, 2.75) is 19.4 Å². The van der Waals surface area contributed by atoms with E-state index in [9.17, 15) is 13.6 Å². The van der Waals surface area contributed by atoms with Gasteiger partial charge in [0, 0.05) is 11.6 Å². The number of para-hydroxylation sites is 2. The van der Waals surface area contributed by atoms with E-state index in [2.05, 4.69) is 10.3 Å². The molecule has 0 spiro atoms. The highest BCUT2D eigenvalue weighted by atomic mass is 35.5. The number of carbonyl (C=O) groups excluding carboxylic acids is 1. The maximum atomic E-state index is 13.3. The molecule has 2 unspecified atom stereocenters. The van der Waals surface area contributed by atoms with Crippen LogP contribution in [0.3, 0.4) is 0 Å². The third kappa shape index (κ3) is 4.75. The van der Waals surface area contributed by atoms with E-state index in [4.69, 9.17) is 11.6 Å². The first-order chi connectivity index (χ1) is 16.0. The largest absolute Gasteiger partial charge is 0.345 e. The second kappa shape index (κ2) is 10.1. The summed E-state index contributed by atoms with van der Waals surface area (Å²) in [5.74, 6) is -0.344. The topological polar surface area (TPSA) is 82.5 Å². The van der Waals surface area contributed by atoms with Crippen molar-refractivity contribution in [1.82, 2.24) is 10.3 Å². The number of amides is 1. The minimum absolute atomic E-state index is 0.196. The van der Waals surface area contributed by atoms with Gasteiger partial charge in [0.1, 0.15) is 0 Å². The molecule has 1 heterocycles. The van der Waals surface area contributed by atoms with Crippen LogP contribution >= 0.6 is 11.6 Å². The van der Waals surface area contributed by atoms with Gasteiger partial charge >= 0.3 is 0 Å². The van der Waals surface area contributed by atoms with Crippen molar-refractivity contribution in [2.75, 3.05) is 4.31 Å². The lowest BCUT2D eigenvalue weighted by Gasteiger charge is -2.24. The molecule has 4 aromatic rings. The molecule has 168 valence electrons. The fraction of sp³-hybridized carbons (Fsp3) is 0.120. The summed E-state index contributed by atoms with van der Waals surface area (Å²) in [6, 6.07) is 23.0. The summed E-state index contributed by atoms with van der Waals surface area (Å²) in [7, 11) is 0. The van der Waals surface area contributed by atoms with E-state index in [1.807, 2.05) is 37.3 Å². The molecule has 1 aromatic heterocycles. The van der Waals surface area contributed by atoms with Crippen LogP contribution in [0.4, 0.5) is 11.4 Å². The van der Waals surface area contributed by atoms with Gasteiger partial charge in [0.2, 0.25) is 0 Å². The normalized spacial score (nSPS) is 12.8. The predicted molar refractivity (Wildman–Crippen MR) is 133 cm³/mol. The van der Waals surface area contributed by atoms with Crippen LogP contribution in [-0.4, -0.2) is 19.7 Å². The second-order valence-electron chi connectivity index (χ2n) is 7.35. The Bertz CT molecular complexity index is 1320. The van der Waals surface area contributed by atoms with Crippen molar-refractivity contribution in [3.63, 3.8) is 0 Å². The molecule has 0 fully saturated rings. The van der Waals surface area contributed by atoms with Crippen molar-refractivity contribution >= 4 is 51.1 Å². The zero-order valence-electron chi connectivity index (χ0n) is 17.8. The highest BCUT2D eigenvalue weighted by molar-refractivity contribution is 7.81. The van der Waals surface area contributed by atoms with Crippen LogP contribution in [0.5, 0.6) is 0 Å². The summed E-state index contributed by atoms with van der Waals surface area (Å²) in [6.07, 6.45) is 2.23. The number of nitrogens with zero attached hydrogens (tertiary/aromatic N) is 2. The molecule has 0 aliphatic rings. The maximum absolute atomic E-state index is 13.3. The average Bonchev–Trinajstić information content (AvgIpc) is 2.84. The Morgan fingerprint density at radius 2 is 1.73 bits per heavy atom. The van der Waals surface area contributed by atoms with Crippen LogP contribution in [0.1, 0.15) is 35.3 Å². The molecular formula is C25H22ClN3O3S. The van der Waals surface area contributed by atoms with Crippen molar-refractivity contribution < 1.29 is 13.6 Å². The van der Waals surface area contributed by atoms with Gasteiger partial charge in [-0.05, 0) is 36.2 Å². The number of hydrogen-bond donors (Lipinski definition) is 2. The number of carbonyl (C=O) groups is 1. The number of fused-ring (bicyclic) bond motifs is 1. The van der Waals surface area contributed by atoms with Gasteiger partial charge in [-0.2, -0.15) is 0 Å². The van der Waals surface area contributed by atoms with Gasteiger partial charge in [0.15, 0.2) is 0 Å². The van der Waals surface area contributed by atoms with Crippen molar-refractivity contribution in [1.29, 1.82) is 0 Å². The van der Waals surface area contributed by atoms with Crippen LogP contribution in [0.15, 0.2) is 85.1 Å². The Labute approximate surface area is 199 Å². The van der Waals surface area contributed by atoms with Crippen molar-refractivity contribution in [3.05, 3.63) is 101 Å². The molecule has 8 heteroatoms. The van der Waals surface area contributed by atoms with E-state index in [0.717, 1.165) is 5.56 Å². The summed E-state index contributed by atoms with van der Waals surface area (Å²) in [5.41, 5.74) is 2.37. The van der Waals surface area contributed by atoms with Crippen LogP contribution in [0.2, 0.25) is 5.02 Å². The molecule has 33 heavy (non-hydrogen) atoms. The van der Waals surface area contributed by atoms with E-state index >= 15 is 0 Å². The van der Waals surface area contributed by atoms with Gasteiger partial charge in [-0.15, -0.1) is 0 Å². The van der Waals surface area contributed by atoms with Gasteiger partial charge < -0.3 is 5.32 Å². The smallest absolute Gasteiger partial charge is 0.266 e. The minimum atomic E-state index is -2.47. The lowest BCUT2D eigenvalue weighted by atomic mass is 10.0. The first kappa shape index (κ1) is 22.9. The summed E-state index contributed by atoms with van der Waals surface area (Å²) in [6.45, 7) is 1.99. The summed E-state index contributed by atoms with van der Waals surface area (Å²) in [5, 5.41) is 4.17. The van der Waals surface area contributed by atoms with Crippen LogP contribution in [0, 0.1) is 0 Å². The number of anilines is 2. The Morgan fingerprint density at radius 1 is 1.03 bits per heavy atom. The molecular weight excluding hydrogens is 458 g/mol. The zero-order chi connectivity index (χ0) is 23.4. The van der Waals surface area contributed by atoms with Crippen LogP contribution in [0.25, 0.3) is 10.9 Å². The SMILES string of the molecule is CCC(NC(=O)c1ccccc1N(c1cccc2c(Cl)ccnc12)S(=O)O)c1ccccc1. The predicted octanol–water partition coefficient (Wildman–Crippen LogP) is 6.04. The second-order valence-corrected chi connectivity index (χ2v) is 8.59. The Balaban J connectivity index is 1.78. The van der Waals surface area contributed by atoms with Crippen molar-refractivity contribution in [3.8, 4) is 0 Å². The van der Waals surface area contributed by atoms with Gasteiger partial charge in [-0.3, -0.25) is 14.3 Å². The number of pyridine rings is 1. The molecule has 0 aliphatic heterocycles. The Kier molecular flexibility index (Phi) is 7.03. The number of benzene rings is 3. The summed E-state index contributed by atoms with van der Waals surface area (Å²) in [4.78, 5) is 17.7. The highest BCUT2D eigenvalue weighted by Gasteiger charge is 2.25. The molecule has 4 rings (SSSR count). The number of hydrogen-bond acceptors (Lipinski definition) is 3. The van der Waals surface area contributed by atoms with Crippen LogP contribution < -0.4 is 9.62 Å². The van der Waals surface area contributed by atoms with E-state index in [-0.39, 0.29) is 23.2 Å². The lowest BCUT2D eigenvalue weighted by Crippen LogP contribution is -2.30. The summed E-state index contributed by atoms with van der Waals surface area (Å²) >= 11 is 3.84. The number of rotatable bonds is 7. The van der Waals surface area contributed by atoms with E-state index in [0.29, 0.717) is 28.0 Å². The van der Waals surface area contributed by atoms with Crippen molar-refractivity contribution in [2.24, 2.45) is 0 Å². The highest BCUT2D eigenvalue weighted by Crippen LogP contribution is 2.36. The average molecular weight is 480 g/mol. The van der Waals surface area contributed by atoms with Crippen LogP contribution in [-0.2, 0) is 11.3 Å². The van der Waals surface area contributed by atoms with E-state index in [1.54, 1.807) is 48.5 Å². The standard InChI is InChI=1S/C25H22ClN3O3S/c1-2-21(17-9-4-3-5-10-17)28-25(30)19-11-6-7-13-22(19)29(33(31)32)23-14-8-12-18-20(26)15-16-27-24(18)23/h3-16,21H,2H2,1H3,(H,28,30)(H,31,32). The fourth-order valence-corrected chi connectivity index (χ4v) is 4.63. The fourth-order valence-electron chi connectivity index (χ4n) is 3.77. The number of nitrogens with one attached hydrogen (secondary N) is 1. The lowest BCUT2D eigenvalue weighted by molar-refractivity contribution is 0.0936. The molecule has 3 aromatic carbocycles. The van der Waals surface area contributed by atoms with E-state index in [1.165, 1.54) is 10.5 Å². The molecule has 0 saturated carbocycles. The zero-order valence-corrected chi connectivity index (χ0v) is 19.4. The molecule has 0 bridgehead atoms. The number of halogens is 1. The third-order valence-corrected chi connectivity index (χ3v) is 6.39. The minimum Gasteiger partial charge on any atom is -0.345 e. The molecule has 1 amide bonds. The Morgan fingerprint density at radius 3 is 2.45 bits per heavy atom. The molecule has 0 saturated heterocycles. The first-order valence-corrected chi connectivity index (χ1v) is 11.8. The number of aromatic nitrogens is 1. The molecule has 6 nitrogen and oxygen atoms in total. The van der Waals surface area contributed by atoms with Gasteiger partial charge in [-0.25, -0.2) is 8.51 Å². The molecule has 0 radical (unpaired) electrons. The molecule has 2 atom stereocenters. The monoisotopic (exact) mass is 479 g/mol. The third-order valence-electron chi connectivity index (χ3n) is 5.35. The molecule has 2 N–H and O–H groups in total. The summed E-state index contributed by atoms with van der Waals surface area (Å²) < 4.78 is 24.0. The van der Waals surface area contributed by atoms with Gasteiger partial charge in [0.05, 0.1) is 33.5 Å². The van der Waals surface area contributed by atoms with E-state index < -0.39 is 11.3 Å². The quantitative estimate of drug-likeness (QED) is 0.316. The van der Waals surface area contributed by atoms with Gasteiger partial charge in [-0.1, -0.05) is 73.1 Å². The maximum Gasteiger partial charge on any atom is 0.266 e. The first-order valence-electron chi connectivity index (χ1n) is 10.4.